The lowest BCUT2D eigenvalue weighted by atomic mass is 9.95. The smallest absolute Gasteiger partial charge is 0.0900 e. The molecule has 0 unspecified atom stereocenters. The first-order valence-corrected chi connectivity index (χ1v) is 24.2. The van der Waals surface area contributed by atoms with Crippen LogP contribution in [0.25, 0.3) is 24.3 Å². The van der Waals surface area contributed by atoms with Gasteiger partial charge in [-0.3, -0.25) is 0 Å². The van der Waals surface area contributed by atoms with Crippen molar-refractivity contribution in [2.24, 2.45) is 20.0 Å². The number of nitrogens with zero attached hydrogens (tertiary/aromatic N) is 4. The third kappa shape index (κ3) is 10.2. The molecule has 0 saturated carbocycles. The van der Waals surface area contributed by atoms with Crippen molar-refractivity contribution in [3.8, 4) is 0 Å². The molecule has 72 heavy (non-hydrogen) atoms. The first-order chi connectivity index (χ1) is 35.7. The van der Waals surface area contributed by atoms with E-state index in [9.17, 15) is 0 Å². The van der Waals surface area contributed by atoms with Gasteiger partial charge in [-0.2, -0.15) is 0 Å². The van der Waals surface area contributed by atoms with Gasteiger partial charge in [0.2, 0.25) is 0 Å². The maximum absolute atomic E-state index is 5.56. The van der Waals surface area contributed by atoms with E-state index in [1.165, 1.54) is 0 Å². The molecule has 340 valence electrons. The summed E-state index contributed by atoms with van der Waals surface area (Å²) in [6, 6.07) is 91.8. The Labute approximate surface area is 421 Å². The van der Waals surface area contributed by atoms with E-state index in [0.29, 0.717) is 0 Å². The zero-order valence-electron chi connectivity index (χ0n) is 39.5. The maximum atomic E-state index is 5.56. The van der Waals surface area contributed by atoms with Crippen LogP contribution in [0, 0.1) is 0 Å². The second-order valence-corrected chi connectivity index (χ2v) is 17.4. The molecule has 0 amide bonds. The molecule has 4 heteroatoms. The van der Waals surface area contributed by atoms with Crippen molar-refractivity contribution in [3.05, 3.63) is 334 Å². The molecule has 0 aliphatic heterocycles. The lowest BCUT2D eigenvalue weighted by Crippen LogP contribution is -2.04. The van der Waals surface area contributed by atoms with Gasteiger partial charge in [0.05, 0.1) is 45.6 Å². The fraction of sp³-hybridized carbons (Fsp3) is 0. The van der Waals surface area contributed by atoms with Crippen molar-refractivity contribution in [1.29, 1.82) is 0 Å². The SMILES string of the molecule is C1=C\c2cc(N=C(c3ccccc3)c3ccccc3)c(N=C(c3ccccc3)c3ccccc3)cc2/C=C/c2cc(N=C(c3ccccc3)c3ccccc3)c(N=C(c3ccccc3)c3ccccc3)cc2/1. The molecule has 0 spiro atoms. The first-order valence-electron chi connectivity index (χ1n) is 24.2. The number of hydrogen-bond acceptors (Lipinski definition) is 4. The summed E-state index contributed by atoms with van der Waals surface area (Å²) in [5.74, 6) is 0. The standard InChI is InChI=1S/C68H48N4/c1-9-25-49(26-10-1)65(50-27-11-2-12-28-50)69-61-45-57-41-42-59-47-63(71-67(53-33-17-5-18-34-53)54-35-19-6-20-36-54)64(72-68(55-37-21-7-22-38-55)56-39-23-8-24-40-56)48-60(59)44-43-58(57)46-62(61)70-66(51-29-13-3-14-30-51)52-31-15-4-16-32-52/h1-48H/b42-41-,44-43+,57-41?,58-43?,59-42?,60-44?. The summed E-state index contributed by atoms with van der Waals surface area (Å²) in [6.45, 7) is 0. The second kappa shape index (κ2) is 21.3. The Hall–Kier alpha value is -9.64. The molecule has 1 aliphatic carbocycles. The molecular formula is C68H48N4. The van der Waals surface area contributed by atoms with E-state index in [2.05, 4.69) is 243 Å². The van der Waals surface area contributed by atoms with Crippen LogP contribution in [-0.2, 0) is 0 Å². The summed E-state index contributed by atoms with van der Waals surface area (Å²) in [6.07, 6.45) is 8.76. The normalized spacial score (nSPS) is 12.1. The van der Waals surface area contributed by atoms with Gasteiger partial charge in [-0.15, -0.1) is 0 Å². The van der Waals surface area contributed by atoms with Gasteiger partial charge in [-0.05, 0) is 46.5 Å². The first kappa shape index (κ1) is 44.8. The van der Waals surface area contributed by atoms with E-state index in [4.69, 9.17) is 20.0 Å². The average molecular weight is 921 g/mol. The van der Waals surface area contributed by atoms with Crippen LogP contribution in [0.4, 0.5) is 22.7 Å². The summed E-state index contributed by atoms with van der Waals surface area (Å²) in [5.41, 5.74) is 18.6. The van der Waals surface area contributed by atoms with Crippen molar-refractivity contribution >= 4 is 69.9 Å². The third-order valence-electron chi connectivity index (χ3n) is 12.6. The summed E-state index contributed by atoms with van der Waals surface area (Å²) in [7, 11) is 0. The number of hydrogen-bond donors (Lipinski definition) is 0. The topological polar surface area (TPSA) is 49.4 Å². The molecule has 10 aromatic rings. The fourth-order valence-corrected chi connectivity index (χ4v) is 8.95. The summed E-state index contributed by atoms with van der Waals surface area (Å²) < 4.78 is 0. The minimum absolute atomic E-state index is 0.749. The number of benzene rings is 10. The maximum Gasteiger partial charge on any atom is 0.0900 e. The van der Waals surface area contributed by atoms with Crippen LogP contribution in [0.1, 0.15) is 66.8 Å². The zero-order valence-corrected chi connectivity index (χ0v) is 39.5. The lowest BCUT2D eigenvalue weighted by molar-refractivity contribution is 1.39. The fourth-order valence-electron chi connectivity index (χ4n) is 8.95. The average Bonchev–Trinajstić information content (AvgIpc) is 3.45. The Morgan fingerprint density at radius 1 is 0.181 bits per heavy atom. The van der Waals surface area contributed by atoms with Crippen molar-refractivity contribution in [2.45, 2.75) is 0 Å². The van der Waals surface area contributed by atoms with Gasteiger partial charge in [0.1, 0.15) is 0 Å². The lowest BCUT2D eigenvalue weighted by Gasteiger charge is -2.16. The molecule has 11 rings (SSSR count). The molecule has 10 aromatic carbocycles. The van der Waals surface area contributed by atoms with Crippen molar-refractivity contribution in [2.75, 3.05) is 0 Å². The van der Waals surface area contributed by atoms with Crippen LogP contribution in [-0.4, -0.2) is 22.8 Å². The highest BCUT2D eigenvalue weighted by Gasteiger charge is 2.18. The minimum atomic E-state index is 0.749. The molecule has 0 saturated heterocycles. The van der Waals surface area contributed by atoms with E-state index < -0.39 is 0 Å². The van der Waals surface area contributed by atoms with Crippen molar-refractivity contribution in [3.63, 3.8) is 0 Å². The molecule has 4 nitrogen and oxygen atoms in total. The summed E-state index contributed by atoms with van der Waals surface area (Å²) >= 11 is 0. The van der Waals surface area contributed by atoms with Gasteiger partial charge in [0.25, 0.3) is 0 Å². The highest BCUT2D eigenvalue weighted by Crippen LogP contribution is 2.40. The van der Waals surface area contributed by atoms with Gasteiger partial charge in [-0.25, -0.2) is 20.0 Å². The Kier molecular flexibility index (Phi) is 13.3. The molecule has 0 bridgehead atoms. The van der Waals surface area contributed by atoms with E-state index in [1.54, 1.807) is 0 Å². The van der Waals surface area contributed by atoms with Crippen LogP contribution >= 0.6 is 0 Å². The van der Waals surface area contributed by atoms with Crippen LogP contribution in [0.2, 0.25) is 0 Å². The molecular weight excluding hydrogens is 873 g/mol. The third-order valence-corrected chi connectivity index (χ3v) is 12.6. The molecule has 0 radical (unpaired) electrons. The van der Waals surface area contributed by atoms with Crippen LogP contribution in [0.3, 0.4) is 0 Å². The second-order valence-electron chi connectivity index (χ2n) is 17.4. The predicted molar refractivity (Wildman–Crippen MR) is 303 cm³/mol. The summed E-state index contributed by atoms with van der Waals surface area (Å²) in [5, 5.41) is 0. The molecule has 0 fully saturated rings. The Morgan fingerprint density at radius 2 is 0.319 bits per heavy atom. The van der Waals surface area contributed by atoms with Gasteiger partial charge in [0.15, 0.2) is 0 Å². The highest BCUT2D eigenvalue weighted by molar-refractivity contribution is 6.18. The Balaban J connectivity index is 1.13. The number of fused-ring (bicyclic) bond motifs is 2. The highest BCUT2D eigenvalue weighted by atomic mass is 14.9. The Bertz CT molecular complexity index is 3000. The summed E-state index contributed by atoms with van der Waals surface area (Å²) in [4.78, 5) is 22.2. The Morgan fingerprint density at radius 3 is 0.458 bits per heavy atom. The van der Waals surface area contributed by atoms with Gasteiger partial charge in [-0.1, -0.05) is 267 Å². The van der Waals surface area contributed by atoms with Crippen LogP contribution < -0.4 is 0 Å². The number of aliphatic imine (C=N–C) groups is 4. The van der Waals surface area contributed by atoms with Gasteiger partial charge in [0, 0.05) is 44.5 Å². The van der Waals surface area contributed by atoms with E-state index in [0.717, 1.165) is 112 Å². The molecule has 0 aromatic heterocycles. The largest absolute Gasteiger partial charge is 0.245 e. The van der Waals surface area contributed by atoms with Crippen molar-refractivity contribution < 1.29 is 0 Å². The predicted octanol–water partition coefficient (Wildman–Crippen LogP) is 17.0. The van der Waals surface area contributed by atoms with Crippen molar-refractivity contribution in [1.82, 2.24) is 0 Å². The van der Waals surface area contributed by atoms with Gasteiger partial charge >= 0.3 is 0 Å². The van der Waals surface area contributed by atoms with E-state index in [1.807, 2.05) is 48.5 Å². The quantitative estimate of drug-likeness (QED) is 0.110. The minimum Gasteiger partial charge on any atom is -0.245 e. The molecule has 0 heterocycles. The molecule has 0 atom stereocenters. The van der Waals surface area contributed by atoms with Crippen LogP contribution in [0.15, 0.2) is 287 Å². The molecule has 1 aliphatic rings. The van der Waals surface area contributed by atoms with Crippen LogP contribution in [0.5, 0.6) is 0 Å². The van der Waals surface area contributed by atoms with Gasteiger partial charge < -0.3 is 0 Å². The van der Waals surface area contributed by atoms with E-state index >= 15 is 0 Å². The zero-order chi connectivity index (χ0) is 48.3. The van der Waals surface area contributed by atoms with E-state index in [-0.39, 0.29) is 0 Å². The number of rotatable bonds is 12. The molecule has 0 N–H and O–H groups in total. The monoisotopic (exact) mass is 920 g/mol.